The van der Waals surface area contributed by atoms with Crippen LogP contribution in [0.1, 0.15) is 48.1 Å². The van der Waals surface area contributed by atoms with Crippen molar-refractivity contribution in [2.75, 3.05) is 13.2 Å². The molecule has 0 aromatic heterocycles. The molecule has 8 heteroatoms. The SMILES string of the molecule is CCOc1cc(C(c2ccc(C(F)(F)F)cc2)N2CCCC2C(=O)O)ccc1OCc1ccccc1. The minimum Gasteiger partial charge on any atom is -0.490 e. The van der Waals surface area contributed by atoms with Gasteiger partial charge in [0.25, 0.3) is 0 Å². The van der Waals surface area contributed by atoms with E-state index in [2.05, 4.69) is 0 Å². The molecule has 5 nitrogen and oxygen atoms in total. The summed E-state index contributed by atoms with van der Waals surface area (Å²) in [5.41, 5.74) is 1.55. The van der Waals surface area contributed by atoms with Gasteiger partial charge in [-0.25, -0.2) is 0 Å². The first-order valence-corrected chi connectivity index (χ1v) is 11.9. The predicted molar refractivity (Wildman–Crippen MR) is 129 cm³/mol. The van der Waals surface area contributed by atoms with Crippen molar-refractivity contribution < 1.29 is 32.5 Å². The summed E-state index contributed by atoms with van der Waals surface area (Å²) in [4.78, 5) is 13.8. The Morgan fingerprint density at radius 2 is 1.69 bits per heavy atom. The Bertz CT molecular complexity index is 1170. The van der Waals surface area contributed by atoms with E-state index in [4.69, 9.17) is 9.47 Å². The Balaban J connectivity index is 1.71. The number of carboxylic acids is 1. The maximum Gasteiger partial charge on any atom is 0.416 e. The van der Waals surface area contributed by atoms with Crippen LogP contribution in [-0.2, 0) is 17.6 Å². The number of hydrogen-bond donors (Lipinski definition) is 1. The lowest BCUT2D eigenvalue weighted by Crippen LogP contribution is -2.39. The summed E-state index contributed by atoms with van der Waals surface area (Å²) in [5, 5.41) is 9.80. The van der Waals surface area contributed by atoms with Crippen LogP contribution in [-0.4, -0.2) is 35.2 Å². The second-order valence-electron chi connectivity index (χ2n) is 8.67. The zero-order chi connectivity index (χ0) is 25.7. The molecule has 2 atom stereocenters. The zero-order valence-corrected chi connectivity index (χ0v) is 19.9. The Labute approximate surface area is 208 Å². The summed E-state index contributed by atoms with van der Waals surface area (Å²) in [5.74, 6) is 0.0815. The van der Waals surface area contributed by atoms with Gasteiger partial charge in [0.15, 0.2) is 11.5 Å². The first-order chi connectivity index (χ1) is 17.3. The van der Waals surface area contributed by atoms with Gasteiger partial charge in [-0.1, -0.05) is 48.5 Å². The minimum absolute atomic E-state index is 0.343. The van der Waals surface area contributed by atoms with Gasteiger partial charge in [0.05, 0.1) is 18.2 Å². The molecule has 0 spiro atoms. The van der Waals surface area contributed by atoms with E-state index in [0.717, 1.165) is 23.3 Å². The van der Waals surface area contributed by atoms with E-state index in [9.17, 15) is 23.1 Å². The number of carboxylic acid groups (broad SMARTS) is 1. The molecule has 4 rings (SSSR count). The lowest BCUT2D eigenvalue weighted by molar-refractivity contribution is -0.142. The van der Waals surface area contributed by atoms with Crippen LogP contribution in [0, 0.1) is 0 Å². The van der Waals surface area contributed by atoms with Crippen LogP contribution in [0.5, 0.6) is 11.5 Å². The largest absolute Gasteiger partial charge is 0.490 e. The van der Waals surface area contributed by atoms with Gasteiger partial charge >= 0.3 is 12.1 Å². The summed E-state index contributed by atoms with van der Waals surface area (Å²) >= 11 is 0. The molecule has 0 radical (unpaired) electrons. The first kappa shape index (κ1) is 25.6. The quantitative estimate of drug-likeness (QED) is 0.373. The number of carbonyl (C=O) groups is 1. The Morgan fingerprint density at radius 1 is 1.00 bits per heavy atom. The summed E-state index contributed by atoms with van der Waals surface area (Å²) in [7, 11) is 0. The number of benzene rings is 3. The van der Waals surface area contributed by atoms with Crippen molar-refractivity contribution in [1.82, 2.24) is 4.90 Å². The van der Waals surface area contributed by atoms with Crippen LogP contribution in [0.4, 0.5) is 13.2 Å². The predicted octanol–water partition coefficient (Wildman–Crippen LogP) is 6.32. The van der Waals surface area contributed by atoms with Crippen LogP contribution in [0.2, 0.25) is 0 Å². The number of alkyl halides is 3. The molecule has 1 heterocycles. The molecular formula is C28H28F3NO4. The number of halogens is 3. The third kappa shape index (κ3) is 5.82. The van der Waals surface area contributed by atoms with Crippen molar-refractivity contribution in [3.63, 3.8) is 0 Å². The summed E-state index contributed by atoms with van der Waals surface area (Å²) in [6.45, 7) is 3.09. The Morgan fingerprint density at radius 3 is 2.33 bits per heavy atom. The fraction of sp³-hybridized carbons (Fsp3) is 0.321. The lowest BCUT2D eigenvalue weighted by Gasteiger charge is -2.32. The normalized spacial score (nSPS) is 17.1. The van der Waals surface area contributed by atoms with E-state index >= 15 is 0 Å². The molecule has 1 saturated heterocycles. The maximum atomic E-state index is 13.2. The number of ether oxygens (including phenoxy) is 2. The molecule has 1 aliphatic rings. The van der Waals surface area contributed by atoms with Crippen LogP contribution >= 0.6 is 0 Å². The molecule has 3 aromatic carbocycles. The molecule has 0 aliphatic carbocycles. The van der Waals surface area contributed by atoms with Gasteiger partial charge in [-0.3, -0.25) is 9.69 Å². The molecule has 0 saturated carbocycles. The second-order valence-corrected chi connectivity index (χ2v) is 8.67. The number of hydrogen-bond acceptors (Lipinski definition) is 4. The third-order valence-electron chi connectivity index (χ3n) is 6.29. The van der Waals surface area contributed by atoms with Crippen LogP contribution in [0.3, 0.4) is 0 Å². The van der Waals surface area contributed by atoms with Crippen molar-refractivity contribution in [2.24, 2.45) is 0 Å². The number of rotatable bonds is 9. The monoisotopic (exact) mass is 499 g/mol. The first-order valence-electron chi connectivity index (χ1n) is 11.9. The van der Waals surface area contributed by atoms with Crippen molar-refractivity contribution in [3.8, 4) is 11.5 Å². The van der Waals surface area contributed by atoms with Crippen molar-refractivity contribution >= 4 is 5.97 Å². The van der Waals surface area contributed by atoms with Gasteiger partial charge in [0.2, 0.25) is 0 Å². The topological polar surface area (TPSA) is 59.0 Å². The molecule has 3 aromatic rings. The highest BCUT2D eigenvalue weighted by atomic mass is 19.4. The molecule has 190 valence electrons. The summed E-state index contributed by atoms with van der Waals surface area (Å²) in [6.07, 6.45) is -3.29. The molecule has 1 fully saturated rings. The van der Waals surface area contributed by atoms with Gasteiger partial charge in [-0.2, -0.15) is 13.2 Å². The van der Waals surface area contributed by atoms with Gasteiger partial charge in [-0.15, -0.1) is 0 Å². The highest BCUT2D eigenvalue weighted by molar-refractivity contribution is 5.74. The van der Waals surface area contributed by atoms with Crippen molar-refractivity contribution in [1.29, 1.82) is 0 Å². The molecule has 2 unspecified atom stereocenters. The number of likely N-dealkylation sites (tertiary alicyclic amines) is 1. The average molecular weight is 500 g/mol. The minimum atomic E-state index is -4.45. The van der Waals surface area contributed by atoms with Crippen LogP contribution in [0.25, 0.3) is 0 Å². The van der Waals surface area contributed by atoms with Gasteiger partial charge in [-0.05, 0) is 60.7 Å². The lowest BCUT2D eigenvalue weighted by atomic mass is 9.95. The maximum absolute atomic E-state index is 13.2. The zero-order valence-electron chi connectivity index (χ0n) is 19.9. The highest BCUT2D eigenvalue weighted by Gasteiger charge is 2.38. The molecule has 36 heavy (non-hydrogen) atoms. The molecule has 1 N–H and O–H groups in total. The summed E-state index contributed by atoms with van der Waals surface area (Å²) in [6, 6.07) is 18.7. The van der Waals surface area contributed by atoms with E-state index in [-0.39, 0.29) is 0 Å². The van der Waals surface area contributed by atoms with E-state index in [0.29, 0.717) is 49.7 Å². The summed E-state index contributed by atoms with van der Waals surface area (Å²) < 4.78 is 51.4. The standard InChI is InChI=1S/C28H28F3NO4/c1-2-35-25-17-21(12-15-24(25)36-18-19-7-4-3-5-8-19)26(32-16-6-9-23(32)27(33)34)20-10-13-22(14-11-20)28(29,30)31/h3-5,7-8,10-15,17,23,26H,2,6,9,16,18H2,1H3,(H,33,34). The molecule has 0 amide bonds. The smallest absolute Gasteiger partial charge is 0.416 e. The molecular weight excluding hydrogens is 471 g/mol. The molecule has 0 bridgehead atoms. The third-order valence-corrected chi connectivity index (χ3v) is 6.29. The highest BCUT2D eigenvalue weighted by Crippen LogP contribution is 2.40. The fourth-order valence-corrected chi connectivity index (χ4v) is 4.61. The fourth-order valence-electron chi connectivity index (χ4n) is 4.61. The van der Waals surface area contributed by atoms with E-state index in [1.165, 1.54) is 12.1 Å². The molecule has 1 aliphatic heterocycles. The Hall–Kier alpha value is -3.52. The van der Waals surface area contributed by atoms with E-state index < -0.39 is 29.8 Å². The number of nitrogens with zero attached hydrogens (tertiary/aromatic N) is 1. The van der Waals surface area contributed by atoms with Gasteiger partial charge < -0.3 is 14.6 Å². The average Bonchev–Trinajstić information content (AvgIpc) is 3.34. The Kier molecular flexibility index (Phi) is 7.84. The van der Waals surface area contributed by atoms with E-state index in [1.54, 1.807) is 12.1 Å². The van der Waals surface area contributed by atoms with Gasteiger partial charge in [0.1, 0.15) is 12.6 Å². The van der Waals surface area contributed by atoms with E-state index in [1.807, 2.05) is 48.2 Å². The van der Waals surface area contributed by atoms with Crippen molar-refractivity contribution in [3.05, 3.63) is 95.1 Å². The number of aliphatic carboxylic acids is 1. The van der Waals surface area contributed by atoms with Crippen LogP contribution in [0.15, 0.2) is 72.8 Å². The van der Waals surface area contributed by atoms with Gasteiger partial charge in [0, 0.05) is 6.54 Å². The van der Waals surface area contributed by atoms with Crippen molar-refractivity contribution in [2.45, 2.75) is 44.6 Å². The second kappa shape index (κ2) is 11.0. The van der Waals surface area contributed by atoms with Crippen LogP contribution < -0.4 is 9.47 Å².